The van der Waals surface area contributed by atoms with Gasteiger partial charge in [0, 0.05) is 13.6 Å². The Kier molecular flexibility index (Phi) is 4.55. The van der Waals surface area contributed by atoms with E-state index >= 15 is 0 Å². The number of hydrogen-bond donors (Lipinski definition) is 0. The molecule has 3 amide bonds. The van der Waals surface area contributed by atoms with E-state index in [9.17, 15) is 14.4 Å². The molecule has 1 aliphatic rings. The molecule has 6 nitrogen and oxygen atoms in total. The minimum atomic E-state index is -0.897. The number of nitriles is 1. The van der Waals surface area contributed by atoms with E-state index in [-0.39, 0.29) is 5.91 Å². The van der Waals surface area contributed by atoms with Gasteiger partial charge in [-0.2, -0.15) is 5.26 Å². The molecular formula is C20H17N3O3. The van der Waals surface area contributed by atoms with Crippen LogP contribution in [0, 0.1) is 11.3 Å². The average Bonchev–Trinajstić information content (AvgIpc) is 2.92. The molecule has 1 heterocycles. The Morgan fingerprint density at radius 2 is 1.62 bits per heavy atom. The highest BCUT2D eigenvalue weighted by atomic mass is 16.2. The molecule has 1 atom stereocenters. The highest BCUT2D eigenvalue weighted by Crippen LogP contribution is 2.25. The molecule has 1 aliphatic heterocycles. The second-order valence-electron chi connectivity index (χ2n) is 6.20. The van der Waals surface area contributed by atoms with Gasteiger partial charge in [-0.1, -0.05) is 24.3 Å². The molecule has 26 heavy (non-hydrogen) atoms. The first-order chi connectivity index (χ1) is 12.4. The van der Waals surface area contributed by atoms with Crippen molar-refractivity contribution in [2.45, 2.75) is 19.5 Å². The number of carbonyl (C=O) groups excluding carboxylic acids is 3. The number of amides is 3. The van der Waals surface area contributed by atoms with Gasteiger partial charge in [-0.3, -0.25) is 19.3 Å². The van der Waals surface area contributed by atoms with E-state index in [1.54, 1.807) is 62.5 Å². The van der Waals surface area contributed by atoms with Gasteiger partial charge in [0.15, 0.2) is 0 Å². The molecule has 3 rings (SSSR count). The highest BCUT2D eigenvalue weighted by molar-refractivity contribution is 6.22. The van der Waals surface area contributed by atoms with E-state index in [0.717, 1.165) is 10.5 Å². The minimum Gasteiger partial charge on any atom is -0.340 e. The lowest BCUT2D eigenvalue weighted by Gasteiger charge is -2.26. The van der Waals surface area contributed by atoms with Crippen molar-refractivity contribution in [3.8, 4) is 6.07 Å². The average molecular weight is 347 g/mol. The third-order valence-electron chi connectivity index (χ3n) is 4.45. The fraction of sp³-hybridized carbons (Fsp3) is 0.200. The van der Waals surface area contributed by atoms with Crippen molar-refractivity contribution in [3.63, 3.8) is 0 Å². The monoisotopic (exact) mass is 347 g/mol. The fourth-order valence-electron chi connectivity index (χ4n) is 3.03. The van der Waals surface area contributed by atoms with Gasteiger partial charge < -0.3 is 4.90 Å². The van der Waals surface area contributed by atoms with Gasteiger partial charge in [-0.15, -0.1) is 0 Å². The van der Waals surface area contributed by atoms with Crippen LogP contribution in [-0.4, -0.2) is 40.6 Å². The maximum Gasteiger partial charge on any atom is 0.262 e. The van der Waals surface area contributed by atoms with Crippen LogP contribution in [0.4, 0.5) is 0 Å². The standard InChI is InChI=1S/C20H17N3O3/c1-13(23-19(25)16-5-3-4-6-17(16)20(23)26)18(24)22(2)12-15-9-7-14(11-21)8-10-15/h3-10,13H,12H2,1-2H3. The molecule has 130 valence electrons. The first-order valence-corrected chi connectivity index (χ1v) is 8.15. The number of benzene rings is 2. The fourth-order valence-corrected chi connectivity index (χ4v) is 3.03. The maximum atomic E-state index is 12.7. The van der Waals surface area contributed by atoms with E-state index in [1.807, 2.05) is 6.07 Å². The van der Waals surface area contributed by atoms with E-state index in [1.165, 1.54) is 4.90 Å². The number of rotatable bonds is 4. The summed E-state index contributed by atoms with van der Waals surface area (Å²) in [6, 6.07) is 14.6. The zero-order chi connectivity index (χ0) is 18.8. The van der Waals surface area contributed by atoms with Crippen molar-refractivity contribution >= 4 is 17.7 Å². The van der Waals surface area contributed by atoms with Crippen LogP contribution in [-0.2, 0) is 11.3 Å². The lowest BCUT2D eigenvalue weighted by atomic mass is 10.1. The van der Waals surface area contributed by atoms with Gasteiger partial charge in [-0.25, -0.2) is 0 Å². The summed E-state index contributed by atoms with van der Waals surface area (Å²) in [6.45, 7) is 1.87. The Morgan fingerprint density at radius 3 is 2.12 bits per heavy atom. The molecule has 0 saturated heterocycles. The van der Waals surface area contributed by atoms with E-state index < -0.39 is 17.9 Å². The molecule has 0 spiro atoms. The summed E-state index contributed by atoms with van der Waals surface area (Å²) in [6.07, 6.45) is 0. The quantitative estimate of drug-likeness (QED) is 0.794. The van der Waals surface area contributed by atoms with Gasteiger partial charge in [0.25, 0.3) is 11.8 Å². The van der Waals surface area contributed by atoms with Crippen LogP contribution in [0.5, 0.6) is 0 Å². The number of nitrogens with zero attached hydrogens (tertiary/aromatic N) is 3. The molecule has 0 bridgehead atoms. The second kappa shape index (κ2) is 6.81. The summed E-state index contributed by atoms with van der Waals surface area (Å²) in [7, 11) is 1.62. The smallest absolute Gasteiger partial charge is 0.262 e. The maximum absolute atomic E-state index is 12.7. The summed E-state index contributed by atoms with van der Waals surface area (Å²) in [5.74, 6) is -1.22. The Bertz CT molecular complexity index is 893. The molecule has 6 heteroatoms. The number of fused-ring (bicyclic) bond motifs is 1. The Labute approximate surface area is 151 Å². The van der Waals surface area contributed by atoms with Crippen molar-refractivity contribution < 1.29 is 14.4 Å². The number of carbonyl (C=O) groups is 3. The lowest BCUT2D eigenvalue weighted by molar-refractivity contribution is -0.134. The zero-order valence-electron chi connectivity index (χ0n) is 14.5. The SMILES string of the molecule is CC(C(=O)N(C)Cc1ccc(C#N)cc1)N1C(=O)c2ccccc2C1=O. The summed E-state index contributed by atoms with van der Waals surface area (Å²) in [5, 5.41) is 8.83. The van der Waals surface area contributed by atoms with E-state index in [2.05, 4.69) is 0 Å². The largest absolute Gasteiger partial charge is 0.340 e. The number of imide groups is 1. The number of likely N-dealkylation sites (N-methyl/N-ethyl adjacent to an activating group) is 1. The van der Waals surface area contributed by atoms with Gasteiger partial charge in [0.2, 0.25) is 5.91 Å². The molecule has 0 N–H and O–H groups in total. The molecule has 0 aliphatic carbocycles. The van der Waals surface area contributed by atoms with Crippen LogP contribution in [0.25, 0.3) is 0 Å². The summed E-state index contributed by atoms with van der Waals surface area (Å²) in [4.78, 5) is 40.2. The van der Waals surface area contributed by atoms with Crippen molar-refractivity contribution in [2.24, 2.45) is 0 Å². The van der Waals surface area contributed by atoms with Crippen LogP contribution in [0.2, 0.25) is 0 Å². The van der Waals surface area contributed by atoms with Crippen LogP contribution < -0.4 is 0 Å². The van der Waals surface area contributed by atoms with E-state index in [0.29, 0.717) is 23.2 Å². The molecule has 1 unspecified atom stereocenters. The summed E-state index contributed by atoms with van der Waals surface area (Å²) < 4.78 is 0. The lowest BCUT2D eigenvalue weighted by Crippen LogP contribution is -2.48. The molecular weight excluding hydrogens is 330 g/mol. The molecule has 0 saturated carbocycles. The van der Waals surface area contributed by atoms with Gasteiger partial charge in [0.1, 0.15) is 6.04 Å². The van der Waals surface area contributed by atoms with Gasteiger partial charge in [-0.05, 0) is 36.8 Å². The van der Waals surface area contributed by atoms with Crippen molar-refractivity contribution in [1.82, 2.24) is 9.80 Å². The summed E-state index contributed by atoms with van der Waals surface area (Å²) in [5.41, 5.74) is 2.05. The van der Waals surface area contributed by atoms with E-state index in [4.69, 9.17) is 5.26 Å². The molecule has 2 aromatic rings. The second-order valence-corrected chi connectivity index (χ2v) is 6.20. The predicted molar refractivity (Wildman–Crippen MR) is 94.0 cm³/mol. The predicted octanol–water partition coefficient (Wildman–Crippen LogP) is 2.20. The van der Waals surface area contributed by atoms with Crippen molar-refractivity contribution in [3.05, 3.63) is 70.8 Å². The topological polar surface area (TPSA) is 81.5 Å². The van der Waals surface area contributed by atoms with Crippen LogP contribution in [0.3, 0.4) is 0 Å². The third kappa shape index (κ3) is 2.95. The van der Waals surface area contributed by atoms with Crippen LogP contribution >= 0.6 is 0 Å². The highest BCUT2D eigenvalue weighted by Gasteiger charge is 2.41. The first kappa shape index (κ1) is 17.4. The Hall–Kier alpha value is -3.46. The molecule has 2 aromatic carbocycles. The Morgan fingerprint density at radius 1 is 1.08 bits per heavy atom. The minimum absolute atomic E-state index is 0.318. The van der Waals surface area contributed by atoms with Crippen molar-refractivity contribution in [1.29, 1.82) is 5.26 Å². The Balaban J connectivity index is 1.74. The van der Waals surface area contributed by atoms with Gasteiger partial charge in [0.05, 0.1) is 22.8 Å². The molecule has 0 fully saturated rings. The van der Waals surface area contributed by atoms with Crippen LogP contribution in [0.15, 0.2) is 48.5 Å². The summed E-state index contributed by atoms with van der Waals surface area (Å²) >= 11 is 0. The van der Waals surface area contributed by atoms with Crippen LogP contribution in [0.1, 0.15) is 38.8 Å². The third-order valence-corrected chi connectivity index (χ3v) is 4.45. The zero-order valence-corrected chi connectivity index (χ0v) is 14.5. The molecule has 0 radical (unpaired) electrons. The molecule has 0 aromatic heterocycles. The van der Waals surface area contributed by atoms with Crippen molar-refractivity contribution in [2.75, 3.05) is 7.05 Å². The van der Waals surface area contributed by atoms with Gasteiger partial charge >= 0.3 is 0 Å². The number of hydrogen-bond acceptors (Lipinski definition) is 4. The normalized spacial score (nSPS) is 14.0. The first-order valence-electron chi connectivity index (χ1n) is 8.15.